The lowest BCUT2D eigenvalue weighted by Crippen LogP contribution is -2.53. The molecule has 0 bridgehead atoms. The highest BCUT2D eigenvalue weighted by Gasteiger charge is 2.27. The Kier molecular flexibility index (Phi) is 6.37. The van der Waals surface area contributed by atoms with Gasteiger partial charge in [-0.3, -0.25) is 19.5 Å². The number of benzene rings is 1. The normalized spacial score (nSPS) is 17.3. The molecule has 0 radical (unpaired) electrons. The van der Waals surface area contributed by atoms with Crippen LogP contribution in [0.1, 0.15) is 19.2 Å². The molecule has 1 aliphatic rings. The highest BCUT2D eigenvalue weighted by atomic mass is 32.2. The third kappa shape index (κ3) is 4.86. The zero-order valence-electron chi connectivity index (χ0n) is 16.2. The van der Waals surface area contributed by atoms with Crippen molar-refractivity contribution in [3.8, 4) is 11.4 Å². The van der Waals surface area contributed by atoms with Gasteiger partial charge in [0.15, 0.2) is 5.16 Å². The zero-order valence-corrected chi connectivity index (χ0v) is 17.0. The molecule has 1 aromatic carbocycles. The molecule has 10 nitrogen and oxygen atoms in total. The first-order valence-corrected chi connectivity index (χ1v) is 9.72. The third-order valence-corrected chi connectivity index (χ3v) is 5.32. The number of rotatable bonds is 7. The first-order chi connectivity index (χ1) is 13.9. The summed E-state index contributed by atoms with van der Waals surface area (Å²) in [5.74, 6) is 0.520. The number of ether oxygens (including phenoxy) is 2. The predicted octanol–water partition coefficient (Wildman–Crippen LogP) is 1.07. The fraction of sp³-hybridized carbons (Fsp3) is 0.389. The van der Waals surface area contributed by atoms with Gasteiger partial charge in [-0.2, -0.15) is 0 Å². The van der Waals surface area contributed by atoms with E-state index in [1.54, 1.807) is 30.7 Å². The number of amides is 3. The third-order valence-electron chi connectivity index (χ3n) is 4.30. The molecule has 0 aliphatic carbocycles. The molecule has 2 aromatic rings. The van der Waals surface area contributed by atoms with E-state index in [1.807, 2.05) is 12.1 Å². The van der Waals surface area contributed by atoms with Crippen molar-refractivity contribution in [1.29, 1.82) is 0 Å². The van der Waals surface area contributed by atoms with E-state index in [9.17, 15) is 14.4 Å². The van der Waals surface area contributed by atoms with Crippen LogP contribution >= 0.6 is 11.8 Å². The molecule has 0 spiro atoms. The summed E-state index contributed by atoms with van der Waals surface area (Å²) >= 11 is 1.21. The van der Waals surface area contributed by atoms with Gasteiger partial charge in [-0.25, -0.2) is 4.79 Å². The van der Waals surface area contributed by atoms with Gasteiger partial charge in [-0.15, -0.1) is 10.2 Å². The van der Waals surface area contributed by atoms with Crippen molar-refractivity contribution < 1.29 is 23.9 Å². The SMILES string of the molecule is COC(=O)C(C)Sc1nnc(CC2CC(=O)NC(=O)N2)n1-c1ccc(OC)cc1. The van der Waals surface area contributed by atoms with Crippen LogP contribution in [0.2, 0.25) is 0 Å². The van der Waals surface area contributed by atoms with Crippen molar-refractivity contribution in [2.75, 3.05) is 14.2 Å². The number of nitrogens with zero attached hydrogens (tertiary/aromatic N) is 3. The van der Waals surface area contributed by atoms with Crippen LogP contribution in [0.5, 0.6) is 5.75 Å². The molecule has 3 amide bonds. The van der Waals surface area contributed by atoms with Crippen LogP contribution in [0.15, 0.2) is 29.4 Å². The maximum absolute atomic E-state index is 11.8. The summed E-state index contributed by atoms with van der Waals surface area (Å²) in [6.45, 7) is 1.72. The molecule has 1 aliphatic heterocycles. The van der Waals surface area contributed by atoms with E-state index in [4.69, 9.17) is 9.47 Å². The number of methoxy groups -OCH3 is 2. The Morgan fingerprint density at radius 3 is 2.62 bits per heavy atom. The minimum absolute atomic E-state index is 0.141. The summed E-state index contributed by atoms with van der Waals surface area (Å²) in [6, 6.07) is 6.33. The lowest BCUT2D eigenvalue weighted by molar-refractivity contribution is -0.139. The smallest absolute Gasteiger partial charge is 0.321 e. The van der Waals surface area contributed by atoms with E-state index in [1.165, 1.54) is 18.9 Å². The van der Waals surface area contributed by atoms with E-state index in [0.717, 1.165) is 5.69 Å². The number of carbonyl (C=O) groups is 3. The van der Waals surface area contributed by atoms with Crippen LogP contribution in [0.4, 0.5) is 4.79 Å². The second-order valence-corrected chi connectivity index (χ2v) is 7.65. The topological polar surface area (TPSA) is 124 Å². The van der Waals surface area contributed by atoms with E-state index in [-0.39, 0.29) is 18.3 Å². The summed E-state index contributed by atoms with van der Waals surface area (Å²) in [7, 11) is 2.91. The molecule has 0 saturated carbocycles. The minimum Gasteiger partial charge on any atom is -0.497 e. The van der Waals surface area contributed by atoms with Gasteiger partial charge in [0, 0.05) is 24.6 Å². The van der Waals surface area contributed by atoms with Crippen molar-refractivity contribution in [3.05, 3.63) is 30.1 Å². The molecule has 3 rings (SSSR count). The van der Waals surface area contributed by atoms with Crippen LogP contribution in [0.25, 0.3) is 5.69 Å². The number of nitrogens with one attached hydrogen (secondary N) is 2. The van der Waals surface area contributed by atoms with Crippen LogP contribution in [0.3, 0.4) is 0 Å². The molecular formula is C18H21N5O5S. The number of urea groups is 1. The monoisotopic (exact) mass is 419 g/mol. The molecule has 11 heteroatoms. The average molecular weight is 419 g/mol. The van der Waals surface area contributed by atoms with Crippen LogP contribution in [-0.4, -0.2) is 58.2 Å². The summed E-state index contributed by atoms with van der Waals surface area (Å²) in [6.07, 6.45) is 0.438. The second kappa shape index (κ2) is 8.95. The summed E-state index contributed by atoms with van der Waals surface area (Å²) in [5.41, 5.74) is 0.761. The maximum atomic E-state index is 11.8. The number of esters is 1. The molecule has 154 valence electrons. The molecule has 1 fully saturated rings. The lowest BCUT2D eigenvalue weighted by Gasteiger charge is -2.23. The second-order valence-electron chi connectivity index (χ2n) is 6.34. The van der Waals surface area contributed by atoms with Gasteiger partial charge in [-0.05, 0) is 31.2 Å². The van der Waals surface area contributed by atoms with Crippen molar-refractivity contribution in [2.24, 2.45) is 0 Å². The van der Waals surface area contributed by atoms with Gasteiger partial charge in [-0.1, -0.05) is 11.8 Å². The van der Waals surface area contributed by atoms with Gasteiger partial charge >= 0.3 is 12.0 Å². The molecule has 29 heavy (non-hydrogen) atoms. The lowest BCUT2D eigenvalue weighted by atomic mass is 10.1. The van der Waals surface area contributed by atoms with E-state index in [0.29, 0.717) is 23.2 Å². The molecular weight excluding hydrogens is 398 g/mol. The van der Waals surface area contributed by atoms with Crippen molar-refractivity contribution in [2.45, 2.75) is 36.2 Å². The molecule has 1 aromatic heterocycles. The Bertz CT molecular complexity index is 898. The average Bonchev–Trinajstić information content (AvgIpc) is 3.08. The highest BCUT2D eigenvalue weighted by Crippen LogP contribution is 2.28. The fourth-order valence-electron chi connectivity index (χ4n) is 2.89. The maximum Gasteiger partial charge on any atom is 0.321 e. The number of imide groups is 1. The van der Waals surface area contributed by atoms with Crippen LogP contribution in [-0.2, 0) is 20.7 Å². The van der Waals surface area contributed by atoms with E-state index in [2.05, 4.69) is 20.8 Å². The van der Waals surface area contributed by atoms with Crippen LogP contribution in [0, 0.1) is 0 Å². The van der Waals surface area contributed by atoms with Crippen molar-refractivity contribution >= 4 is 29.7 Å². The van der Waals surface area contributed by atoms with Gasteiger partial charge < -0.3 is 14.8 Å². The minimum atomic E-state index is -0.532. The van der Waals surface area contributed by atoms with Crippen LogP contribution < -0.4 is 15.4 Å². The van der Waals surface area contributed by atoms with E-state index >= 15 is 0 Å². The van der Waals surface area contributed by atoms with Crippen molar-refractivity contribution in [1.82, 2.24) is 25.4 Å². The highest BCUT2D eigenvalue weighted by molar-refractivity contribution is 8.00. The van der Waals surface area contributed by atoms with Gasteiger partial charge in [0.2, 0.25) is 5.91 Å². The summed E-state index contributed by atoms with van der Waals surface area (Å²) < 4.78 is 11.8. The molecule has 1 saturated heterocycles. The Morgan fingerprint density at radius 2 is 2.00 bits per heavy atom. The quantitative estimate of drug-likeness (QED) is 0.504. The predicted molar refractivity (Wildman–Crippen MR) is 104 cm³/mol. The largest absolute Gasteiger partial charge is 0.497 e. The fourth-order valence-corrected chi connectivity index (χ4v) is 3.80. The Balaban J connectivity index is 1.93. The number of aromatic nitrogens is 3. The molecule has 2 unspecified atom stereocenters. The zero-order chi connectivity index (χ0) is 21.0. The Labute approximate surface area is 171 Å². The molecule has 2 N–H and O–H groups in total. The number of thioether (sulfide) groups is 1. The van der Waals surface area contributed by atoms with Gasteiger partial charge in [0.1, 0.15) is 16.8 Å². The van der Waals surface area contributed by atoms with Crippen molar-refractivity contribution in [3.63, 3.8) is 0 Å². The first-order valence-electron chi connectivity index (χ1n) is 8.84. The number of carbonyl (C=O) groups excluding carboxylic acids is 3. The first kappa shape index (κ1) is 20.6. The van der Waals surface area contributed by atoms with E-state index < -0.39 is 17.3 Å². The van der Waals surface area contributed by atoms with Gasteiger partial charge in [0.25, 0.3) is 0 Å². The standard InChI is InChI=1S/C18H21N5O5S/c1-10(16(25)28-3)29-18-22-21-14(8-11-9-15(24)20-17(26)19-11)23(18)12-4-6-13(27-2)7-5-12/h4-7,10-11H,8-9H2,1-3H3,(H2,19,20,24,26). The summed E-state index contributed by atoms with van der Waals surface area (Å²) in [5, 5.41) is 13.4. The summed E-state index contributed by atoms with van der Waals surface area (Å²) in [4.78, 5) is 35.1. The number of hydrogen-bond acceptors (Lipinski definition) is 8. The number of hydrogen-bond donors (Lipinski definition) is 2. The Hall–Kier alpha value is -3.08. The Morgan fingerprint density at radius 1 is 1.28 bits per heavy atom. The molecule has 2 heterocycles. The van der Waals surface area contributed by atoms with Gasteiger partial charge in [0.05, 0.1) is 14.2 Å². The molecule has 2 atom stereocenters.